The van der Waals surface area contributed by atoms with Gasteiger partial charge in [-0.05, 0) is 30.4 Å². The molecule has 5 heteroatoms. The number of fused-ring (bicyclic) bond motifs is 1. The van der Waals surface area contributed by atoms with Gasteiger partial charge in [0, 0.05) is 24.3 Å². The largest absolute Gasteiger partial charge is 0.481 e. The van der Waals surface area contributed by atoms with E-state index in [1.165, 1.54) is 0 Å². The molecule has 1 aliphatic rings. The number of carboxylic acids is 1. The molecule has 0 radical (unpaired) electrons. The topological polar surface area (TPSA) is 62.5 Å². The molecule has 1 aromatic heterocycles. The van der Waals surface area contributed by atoms with E-state index >= 15 is 0 Å². The van der Waals surface area contributed by atoms with Gasteiger partial charge in [-0.25, -0.2) is 0 Å². The lowest BCUT2D eigenvalue weighted by Gasteiger charge is -2.24. The number of para-hydroxylation sites is 1. The molecule has 1 saturated heterocycles. The van der Waals surface area contributed by atoms with Crippen molar-refractivity contribution in [1.29, 1.82) is 0 Å². The van der Waals surface area contributed by atoms with Crippen LogP contribution in [0.4, 0.5) is 0 Å². The molecular weight excluding hydrogens is 268 g/mol. The first-order chi connectivity index (χ1) is 10.1. The zero-order valence-corrected chi connectivity index (χ0v) is 11.7. The van der Waals surface area contributed by atoms with E-state index in [0.717, 1.165) is 23.7 Å². The van der Waals surface area contributed by atoms with Crippen molar-refractivity contribution in [3.8, 4) is 0 Å². The van der Waals surface area contributed by atoms with Crippen molar-refractivity contribution in [3.05, 3.63) is 36.5 Å². The number of nitrogens with zero attached hydrogens (tertiary/aromatic N) is 2. The van der Waals surface area contributed by atoms with E-state index in [1.807, 2.05) is 41.1 Å². The Bertz CT molecular complexity index is 677. The fourth-order valence-electron chi connectivity index (χ4n) is 3.09. The second kappa shape index (κ2) is 5.60. The number of rotatable bonds is 4. The molecule has 3 rings (SSSR count). The van der Waals surface area contributed by atoms with Crippen LogP contribution in [0.15, 0.2) is 36.5 Å². The first-order valence-electron chi connectivity index (χ1n) is 7.20. The number of hydrogen-bond acceptors (Lipinski definition) is 2. The summed E-state index contributed by atoms with van der Waals surface area (Å²) in [6, 6.07) is 9.75. The maximum Gasteiger partial charge on any atom is 0.305 e. The standard InChI is InChI=1S/C16H18N2O3/c19-15(18-8-3-5-13(18)10-16(20)21)11-17-9-7-12-4-1-2-6-14(12)17/h1-2,4,6-7,9,13H,3,5,8,10-11H2,(H,20,21). The molecule has 1 aromatic carbocycles. The molecule has 5 nitrogen and oxygen atoms in total. The Hall–Kier alpha value is -2.30. The van der Waals surface area contributed by atoms with Crippen LogP contribution in [-0.4, -0.2) is 39.0 Å². The predicted octanol–water partition coefficient (Wildman–Crippen LogP) is 2.11. The average molecular weight is 286 g/mol. The van der Waals surface area contributed by atoms with Crippen molar-refractivity contribution in [2.75, 3.05) is 6.54 Å². The predicted molar refractivity (Wildman–Crippen MR) is 78.9 cm³/mol. The summed E-state index contributed by atoms with van der Waals surface area (Å²) in [5.74, 6) is -0.841. The maximum absolute atomic E-state index is 12.5. The number of amides is 1. The van der Waals surface area contributed by atoms with Crippen molar-refractivity contribution in [2.24, 2.45) is 0 Å². The molecular formula is C16H18N2O3. The van der Waals surface area contributed by atoms with Crippen LogP contribution in [0.2, 0.25) is 0 Å². The SMILES string of the molecule is O=C(O)CC1CCCN1C(=O)Cn1ccc2ccccc21. The van der Waals surface area contributed by atoms with Crippen LogP contribution in [0.1, 0.15) is 19.3 Å². The van der Waals surface area contributed by atoms with Gasteiger partial charge in [0.1, 0.15) is 6.54 Å². The van der Waals surface area contributed by atoms with Gasteiger partial charge in [0.05, 0.1) is 6.42 Å². The molecule has 0 spiro atoms. The summed E-state index contributed by atoms with van der Waals surface area (Å²) in [6.07, 6.45) is 3.61. The van der Waals surface area contributed by atoms with Crippen molar-refractivity contribution in [3.63, 3.8) is 0 Å². The third-order valence-electron chi connectivity index (χ3n) is 4.09. The summed E-state index contributed by atoms with van der Waals surface area (Å²) in [4.78, 5) is 25.1. The Morgan fingerprint density at radius 2 is 2.05 bits per heavy atom. The summed E-state index contributed by atoms with van der Waals surface area (Å²) < 4.78 is 1.92. The monoisotopic (exact) mass is 286 g/mol. The van der Waals surface area contributed by atoms with E-state index in [4.69, 9.17) is 5.11 Å². The number of carbonyl (C=O) groups is 2. The van der Waals surface area contributed by atoms with Crippen molar-refractivity contribution in [1.82, 2.24) is 9.47 Å². The molecule has 1 unspecified atom stereocenters. The number of hydrogen-bond donors (Lipinski definition) is 1. The molecule has 1 amide bonds. The second-order valence-electron chi connectivity index (χ2n) is 5.48. The summed E-state index contributed by atoms with van der Waals surface area (Å²) in [5.41, 5.74) is 1.03. The van der Waals surface area contributed by atoms with Crippen molar-refractivity contribution >= 4 is 22.8 Å². The molecule has 21 heavy (non-hydrogen) atoms. The molecule has 1 fully saturated rings. The van der Waals surface area contributed by atoms with Gasteiger partial charge in [0.2, 0.25) is 5.91 Å². The fraction of sp³-hybridized carbons (Fsp3) is 0.375. The third-order valence-corrected chi connectivity index (χ3v) is 4.09. The minimum Gasteiger partial charge on any atom is -0.481 e. The highest BCUT2D eigenvalue weighted by Gasteiger charge is 2.30. The normalized spacial score (nSPS) is 18.3. The maximum atomic E-state index is 12.5. The van der Waals surface area contributed by atoms with E-state index in [9.17, 15) is 9.59 Å². The molecule has 2 aromatic rings. The van der Waals surface area contributed by atoms with Crippen LogP contribution in [0.25, 0.3) is 10.9 Å². The van der Waals surface area contributed by atoms with Crippen LogP contribution in [-0.2, 0) is 16.1 Å². The zero-order valence-electron chi connectivity index (χ0n) is 11.7. The van der Waals surface area contributed by atoms with E-state index in [1.54, 1.807) is 4.90 Å². The Morgan fingerprint density at radius 1 is 1.24 bits per heavy atom. The highest BCUT2D eigenvalue weighted by Crippen LogP contribution is 2.22. The van der Waals surface area contributed by atoms with Crippen LogP contribution >= 0.6 is 0 Å². The van der Waals surface area contributed by atoms with Gasteiger partial charge in [-0.3, -0.25) is 9.59 Å². The third kappa shape index (κ3) is 2.77. The van der Waals surface area contributed by atoms with Crippen LogP contribution in [0, 0.1) is 0 Å². The molecule has 0 aliphatic carbocycles. The number of aromatic nitrogens is 1. The van der Waals surface area contributed by atoms with E-state index in [-0.39, 0.29) is 24.9 Å². The van der Waals surface area contributed by atoms with Crippen molar-refractivity contribution in [2.45, 2.75) is 31.8 Å². The smallest absolute Gasteiger partial charge is 0.305 e. The number of benzene rings is 1. The summed E-state index contributed by atoms with van der Waals surface area (Å²) >= 11 is 0. The lowest BCUT2D eigenvalue weighted by Crippen LogP contribution is -2.38. The molecule has 110 valence electrons. The lowest BCUT2D eigenvalue weighted by molar-refractivity contribution is -0.140. The van der Waals surface area contributed by atoms with Crippen LogP contribution in [0.5, 0.6) is 0 Å². The summed E-state index contributed by atoms with van der Waals surface area (Å²) in [6.45, 7) is 0.930. The lowest BCUT2D eigenvalue weighted by atomic mass is 10.1. The number of aliphatic carboxylic acids is 1. The second-order valence-corrected chi connectivity index (χ2v) is 5.48. The van der Waals surface area contributed by atoms with Gasteiger partial charge in [-0.15, -0.1) is 0 Å². The Balaban J connectivity index is 1.75. The van der Waals surface area contributed by atoms with Gasteiger partial charge in [0.15, 0.2) is 0 Å². The van der Waals surface area contributed by atoms with Crippen LogP contribution < -0.4 is 0 Å². The number of carboxylic acid groups (broad SMARTS) is 1. The van der Waals surface area contributed by atoms with E-state index in [2.05, 4.69) is 0 Å². The van der Waals surface area contributed by atoms with Gasteiger partial charge >= 0.3 is 5.97 Å². The molecule has 2 heterocycles. The molecule has 0 bridgehead atoms. The Kier molecular flexibility index (Phi) is 3.64. The highest BCUT2D eigenvalue weighted by molar-refractivity contribution is 5.83. The molecule has 1 N–H and O–H groups in total. The Labute approximate surface area is 122 Å². The first-order valence-corrected chi connectivity index (χ1v) is 7.20. The molecule has 0 saturated carbocycles. The molecule has 1 atom stereocenters. The van der Waals surface area contributed by atoms with Crippen molar-refractivity contribution < 1.29 is 14.7 Å². The number of likely N-dealkylation sites (tertiary alicyclic amines) is 1. The summed E-state index contributed by atoms with van der Waals surface area (Å²) in [7, 11) is 0. The van der Waals surface area contributed by atoms with E-state index < -0.39 is 5.97 Å². The van der Waals surface area contributed by atoms with Gasteiger partial charge in [-0.2, -0.15) is 0 Å². The van der Waals surface area contributed by atoms with E-state index in [0.29, 0.717) is 6.54 Å². The quantitative estimate of drug-likeness (QED) is 0.936. The fourth-order valence-corrected chi connectivity index (χ4v) is 3.09. The van der Waals surface area contributed by atoms with Crippen LogP contribution in [0.3, 0.4) is 0 Å². The highest BCUT2D eigenvalue weighted by atomic mass is 16.4. The van der Waals surface area contributed by atoms with Gasteiger partial charge in [0.25, 0.3) is 0 Å². The minimum absolute atomic E-state index is 0.0000954. The minimum atomic E-state index is -0.842. The number of carbonyl (C=O) groups excluding carboxylic acids is 1. The zero-order chi connectivity index (χ0) is 14.8. The van der Waals surface area contributed by atoms with Gasteiger partial charge in [-0.1, -0.05) is 18.2 Å². The summed E-state index contributed by atoms with van der Waals surface area (Å²) in [5, 5.41) is 10.0. The molecule has 1 aliphatic heterocycles. The average Bonchev–Trinajstić information content (AvgIpc) is 3.06. The first kappa shape index (κ1) is 13.7. The van der Waals surface area contributed by atoms with Gasteiger partial charge < -0.3 is 14.6 Å². The Morgan fingerprint density at radius 3 is 2.86 bits per heavy atom.